The van der Waals surface area contributed by atoms with Crippen LogP contribution in [0.15, 0.2) is 48.5 Å². The Morgan fingerprint density at radius 1 is 0.885 bits per heavy atom. The van der Waals surface area contributed by atoms with Crippen LogP contribution in [-0.4, -0.2) is 41.9 Å². The molecule has 1 amide bonds. The summed E-state index contributed by atoms with van der Waals surface area (Å²) in [5.41, 5.74) is 2.38. The molecule has 0 aliphatic carbocycles. The Kier molecular flexibility index (Phi) is 6.95. The fraction of sp³-hybridized carbons (Fsp3) is 0.381. The average molecular weight is 391 g/mol. The van der Waals surface area contributed by atoms with Crippen LogP contribution in [0.3, 0.4) is 0 Å². The van der Waals surface area contributed by atoms with E-state index in [0.29, 0.717) is 6.42 Å². The molecule has 26 heavy (non-hydrogen) atoms. The predicted octanol–water partition coefficient (Wildman–Crippen LogP) is 4.66. The van der Waals surface area contributed by atoms with Gasteiger partial charge < -0.3 is 4.90 Å². The zero-order valence-corrected chi connectivity index (χ0v) is 16.3. The summed E-state index contributed by atoms with van der Waals surface area (Å²) in [5.74, 6) is 0.235. The normalized spacial score (nSPS) is 15.7. The number of hydrogen-bond donors (Lipinski definition) is 0. The van der Waals surface area contributed by atoms with Gasteiger partial charge in [0.05, 0.1) is 0 Å². The van der Waals surface area contributed by atoms with Crippen molar-refractivity contribution in [3.8, 4) is 0 Å². The van der Waals surface area contributed by atoms with E-state index in [4.69, 9.17) is 23.2 Å². The molecule has 0 aromatic heterocycles. The summed E-state index contributed by atoms with van der Waals surface area (Å²) in [6.07, 6.45) is 2.29. The maximum absolute atomic E-state index is 12.6. The van der Waals surface area contributed by atoms with Crippen LogP contribution >= 0.6 is 23.2 Å². The lowest BCUT2D eigenvalue weighted by atomic mass is 10.1. The number of nitrogens with zero attached hydrogens (tertiary/aromatic N) is 2. The van der Waals surface area contributed by atoms with Crippen LogP contribution in [0.25, 0.3) is 0 Å². The van der Waals surface area contributed by atoms with Crippen molar-refractivity contribution >= 4 is 29.1 Å². The summed E-state index contributed by atoms with van der Waals surface area (Å²) in [5, 5.41) is 1.49. The van der Waals surface area contributed by atoms with Crippen LogP contribution in [0.5, 0.6) is 0 Å². The van der Waals surface area contributed by atoms with Gasteiger partial charge in [0.2, 0.25) is 5.91 Å². The first-order valence-electron chi connectivity index (χ1n) is 9.09. The Morgan fingerprint density at radius 3 is 2.46 bits per heavy atom. The molecule has 0 saturated carbocycles. The second kappa shape index (κ2) is 9.40. The van der Waals surface area contributed by atoms with E-state index in [2.05, 4.69) is 17.0 Å². The third kappa shape index (κ3) is 5.73. The minimum absolute atomic E-state index is 0.235. The van der Waals surface area contributed by atoms with Crippen molar-refractivity contribution in [2.24, 2.45) is 0 Å². The molecule has 0 N–H and O–H groups in total. The number of amides is 1. The van der Waals surface area contributed by atoms with Crippen molar-refractivity contribution < 1.29 is 4.79 Å². The first-order valence-corrected chi connectivity index (χ1v) is 9.85. The van der Waals surface area contributed by atoms with Crippen LogP contribution in [0.4, 0.5) is 0 Å². The number of halogens is 2. The molecule has 3 nitrogen and oxygen atoms in total. The maximum atomic E-state index is 12.6. The molecule has 1 heterocycles. The molecule has 0 radical (unpaired) electrons. The Hall–Kier alpha value is -1.55. The highest BCUT2D eigenvalue weighted by atomic mass is 35.5. The Bertz CT molecular complexity index is 733. The van der Waals surface area contributed by atoms with Crippen LogP contribution in [0.2, 0.25) is 10.0 Å². The highest BCUT2D eigenvalue weighted by Crippen LogP contribution is 2.15. The van der Waals surface area contributed by atoms with E-state index >= 15 is 0 Å². The number of rotatable bonds is 5. The largest absolute Gasteiger partial charge is 0.341 e. The summed E-state index contributed by atoms with van der Waals surface area (Å²) in [4.78, 5) is 17.0. The van der Waals surface area contributed by atoms with Gasteiger partial charge >= 0.3 is 0 Å². The summed E-state index contributed by atoms with van der Waals surface area (Å²) < 4.78 is 0. The minimum atomic E-state index is 0.235. The monoisotopic (exact) mass is 390 g/mol. The fourth-order valence-electron chi connectivity index (χ4n) is 3.33. The lowest BCUT2D eigenvalue weighted by Crippen LogP contribution is -2.35. The number of benzene rings is 2. The lowest BCUT2D eigenvalue weighted by Gasteiger charge is -2.22. The minimum Gasteiger partial charge on any atom is -0.341 e. The van der Waals surface area contributed by atoms with Crippen LogP contribution in [0, 0.1) is 0 Å². The molecular formula is C21H24Cl2N2O. The third-order valence-corrected chi connectivity index (χ3v) is 5.26. The molecule has 1 aliphatic rings. The molecule has 3 rings (SSSR count). The molecule has 2 aromatic rings. The summed E-state index contributed by atoms with van der Waals surface area (Å²) in [6.45, 7) is 4.46. The molecule has 5 heteroatoms. The smallest absolute Gasteiger partial charge is 0.222 e. The van der Waals surface area contributed by atoms with Gasteiger partial charge in [0.1, 0.15) is 0 Å². The average Bonchev–Trinajstić information content (AvgIpc) is 2.87. The SMILES string of the molecule is O=C(CCc1cccc(Cl)c1)N1CCCN(Cc2ccc(Cl)cc2)CC1. The number of carbonyl (C=O) groups is 1. The van der Waals surface area contributed by atoms with E-state index < -0.39 is 0 Å². The maximum Gasteiger partial charge on any atom is 0.222 e. The van der Waals surface area contributed by atoms with Gasteiger partial charge in [-0.3, -0.25) is 9.69 Å². The highest BCUT2D eigenvalue weighted by Gasteiger charge is 2.19. The highest BCUT2D eigenvalue weighted by molar-refractivity contribution is 6.30. The predicted molar refractivity (Wildman–Crippen MR) is 108 cm³/mol. The van der Waals surface area contributed by atoms with Gasteiger partial charge in [-0.1, -0.05) is 47.5 Å². The zero-order chi connectivity index (χ0) is 18.4. The molecule has 1 fully saturated rings. The van der Waals surface area contributed by atoms with Crippen molar-refractivity contribution in [2.45, 2.75) is 25.8 Å². The molecule has 1 aliphatic heterocycles. The standard InChI is InChI=1S/C21H24Cl2N2O/c22-19-8-5-18(6-9-19)16-24-11-2-12-25(14-13-24)21(26)10-7-17-3-1-4-20(23)15-17/h1,3-6,8-9,15H,2,7,10-14,16H2. The van der Waals surface area contributed by atoms with Crippen molar-refractivity contribution in [3.63, 3.8) is 0 Å². The van der Waals surface area contributed by atoms with E-state index in [-0.39, 0.29) is 5.91 Å². The van der Waals surface area contributed by atoms with Gasteiger partial charge in [-0.05, 0) is 48.2 Å². The second-order valence-electron chi connectivity index (χ2n) is 6.77. The van der Waals surface area contributed by atoms with Gasteiger partial charge in [-0.15, -0.1) is 0 Å². The summed E-state index contributed by atoms with van der Waals surface area (Å²) in [7, 11) is 0. The van der Waals surface area contributed by atoms with E-state index in [1.807, 2.05) is 41.3 Å². The molecule has 0 unspecified atom stereocenters. The molecule has 138 valence electrons. The Labute approximate surface area is 165 Å². The molecule has 0 spiro atoms. The van der Waals surface area contributed by atoms with Crippen molar-refractivity contribution in [2.75, 3.05) is 26.2 Å². The quantitative estimate of drug-likeness (QED) is 0.740. The van der Waals surface area contributed by atoms with Crippen LogP contribution in [0.1, 0.15) is 24.0 Å². The Balaban J connectivity index is 1.48. The van der Waals surface area contributed by atoms with Crippen molar-refractivity contribution in [3.05, 3.63) is 69.7 Å². The second-order valence-corrected chi connectivity index (χ2v) is 7.64. The number of carbonyl (C=O) groups excluding carboxylic acids is 1. The van der Waals surface area contributed by atoms with Gasteiger partial charge in [0.15, 0.2) is 0 Å². The number of aryl methyl sites for hydroxylation is 1. The fourth-order valence-corrected chi connectivity index (χ4v) is 3.67. The Morgan fingerprint density at radius 2 is 1.69 bits per heavy atom. The van der Waals surface area contributed by atoms with E-state index in [0.717, 1.165) is 61.2 Å². The molecule has 2 aromatic carbocycles. The van der Waals surface area contributed by atoms with E-state index in [9.17, 15) is 4.79 Å². The lowest BCUT2D eigenvalue weighted by molar-refractivity contribution is -0.131. The molecule has 0 bridgehead atoms. The van der Waals surface area contributed by atoms with Gasteiger partial charge in [0, 0.05) is 49.2 Å². The first-order chi connectivity index (χ1) is 12.6. The topological polar surface area (TPSA) is 23.6 Å². The van der Waals surface area contributed by atoms with Gasteiger partial charge in [0.25, 0.3) is 0 Å². The zero-order valence-electron chi connectivity index (χ0n) is 14.8. The van der Waals surface area contributed by atoms with Crippen LogP contribution in [-0.2, 0) is 17.8 Å². The summed E-state index contributed by atoms with van der Waals surface area (Å²) >= 11 is 12.0. The number of hydrogen-bond acceptors (Lipinski definition) is 2. The molecule has 1 saturated heterocycles. The van der Waals surface area contributed by atoms with Crippen LogP contribution < -0.4 is 0 Å². The van der Waals surface area contributed by atoms with E-state index in [1.54, 1.807) is 0 Å². The van der Waals surface area contributed by atoms with Gasteiger partial charge in [-0.25, -0.2) is 0 Å². The first kappa shape index (κ1) is 19.2. The molecular weight excluding hydrogens is 367 g/mol. The van der Waals surface area contributed by atoms with Crippen molar-refractivity contribution in [1.29, 1.82) is 0 Å². The molecule has 0 atom stereocenters. The third-order valence-electron chi connectivity index (χ3n) is 4.78. The van der Waals surface area contributed by atoms with E-state index in [1.165, 1.54) is 5.56 Å². The van der Waals surface area contributed by atoms with Gasteiger partial charge in [-0.2, -0.15) is 0 Å². The summed E-state index contributed by atoms with van der Waals surface area (Å²) in [6, 6.07) is 15.8. The van der Waals surface area contributed by atoms with Crippen molar-refractivity contribution in [1.82, 2.24) is 9.80 Å².